The van der Waals surface area contributed by atoms with Gasteiger partial charge in [-0.25, -0.2) is 0 Å². The van der Waals surface area contributed by atoms with E-state index >= 15 is 0 Å². The van der Waals surface area contributed by atoms with E-state index in [1.165, 1.54) is 5.57 Å². The summed E-state index contributed by atoms with van der Waals surface area (Å²) in [5.41, 5.74) is 3.36. The number of amides is 1. The minimum absolute atomic E-state index is 0.00564. The van der Waals surface area contributed by atoms with Crippen LogP contribution < -0.4 is 10.7 Å². The zero-order chi connectivity index (χ0) is 15.1. The van der Waals surface area contributed by atoms with Crippen LogP contribution in [0.2, 0.25) is 0 Å². The van der Waals surface area contributed by atoms with E-state index in [4.69, 9.17) is 0 Å². The standard InChI is InChI=1S/C16H22N2O2/c1-10-6-12-7-14(19)13(11(2)18(12)9-10)8-17-15(20)16(3,4)5/h6-7H,8-9H2,1-5H3,(H,17,20). The maximum absolute atomic E-state index is 12.2. The van der Waals surface area contributed by atoms with Gasteiger partial charge in [0.1, 0.15) is 0 Å². The molecule has 0 aliphatic carbocycles. The largest absolute Gasteiger partial charge is 0.351 e. The number of aromatic nitrogens is 1. The Kier molecular flexibility index (Phi) is 3.59. The number of nitrogens with zero attached hydrogens (tertiary/aromatic N) is 1. The van der Waals surface area contributed by atoms with Gasteiger partial charge in [0.2, 0.25) is 5.91 Å². The maximum atomic E-state index is 12.2. The van der Waals surface area contributed by atoms with Crippen LogP contribution >= 0.6 is 0 Å². The first kappa shape index (κ1) is 14.6. The summed E-state index contributed by atoms with van der Waals surface area (Å²) in [6, 6.07) is 1.65. The van der Waals surface area contributed by atoms with E-state index in [-0.39, 0.29) is 11.3 Å². The van der Waals surface area contributed by atoms with Gasteiger partial charge in [0.25, 0.3) is 0 Å². The number of rotatable bonds is 2. The average Bonchev–Trinajstić information content (AvgIpc) is 2.68. The molecule has 0 radical (unpaired) electrons. The van der Waals surface area contributed by atoms with Crippen molar-refractivity contribution in [2.45, 2.75) is 47.7 Å². The van der Waals surface area contributed by atoms with E-state index in [1.807, 2.05) is 33.8 Å². The Labute approximate surface area is 119 Å². The predicted octanol–water partition coefficient (Wildman–Crippen LogP) is 2.24. The highest BCUT2D eigenvalue weighted by Gasteiger charge is 2.22. The van der Waals surface area contributed by atoms with Gasteiger partial charge in [0.05, 0.1) is 0 Å². The fourth-order valence-corrected chi connectivity index (χ4v) is 2.36. The van der Waals surface area contributed by atoms with Crippen molar-refractivity contribution in [3.63, 3.8) is 0 Å². The molecule has 20 heavy (non-hydrogen) atoms. The Bertz CT molecular complexity index is 646. The van der Waals surface area contributed by atoms with E-state index in [0.717, 1.165) is 17.9 Å². The Morgan fingerprint density at radius 1 is 1.35 bits per heavy atom. The Morgan fingerprint density at radius 3 is 2.60 bits per heavy atom. The van der Waals surface area contributed by atoms with Crippen LogP contribution in [0, 0.1) is 12.3 Å². The van der Waals surface area contributed by atoms with Gasteiger partial charge in [0, 0.05) is 41.5 Å². The lowest BCUT2D eigenvalue weighted by molar-refractivity contribution is -0.128. The molecule has 0 fully saturated rings. The topological polar surface area (TPSA) is 51.1 Å². The van der Waals surface area contributed by atoms with Crippen LogP contribution in [0.25, 0.3) is 6.08 Å². The molecule has 4 heteroatoms. The van der Waals surface area contributed by atoms with E-state index in [2.05, 4.69) is 16.8 Å². The van der Waals surface area contributed by atoms with Crippen LogP contribution in [0.1, 0.15) is 44.6 Å². The first-order valence-corrected chi connectivity index (χ1v) is 6.89. The molecule has 0 unspecified atom stereocenters. The molecule has 0 aromatic carbocycles. The molecule has 0 saturated carbocycles. The van der Waals surface area contributed by atoms with Gasteiger partial charge >= 0.3 is 0 Å². The molecule has 1 aromatic rings. The SMILES string of the molecule is CC1=Cc2cc(=O)c(CNC(=O)C(C)(C)C)c(C)n2C1. The van der Waals surface area contributed by atoms with Gasteiger partial charge in [-0.15, -0.1) is 0 Å². The zero-order valence-electron chi connectivity index (χ0n) is 12.8. The van der Waals surface area contributed by atoms with E-state index in [0.29, 0.717) is 12.1 Å². The van der Waals surface area contributed by atoms with Crippen LogP contribution in [0.4, 0.5) is 0 Å². The van der Waals surface area contributed by atoms with Crippen molar-refractivity contribution in [2.24, 2.45) is 5.41 Å². The second-order valence-electron chi connectivity index (χ2n) is 6.51. The van der Waals surface area contributed by atoms with Gasteiger partial charge in [-0.05, 0) is 19.9 Å². The van der Waals surface area contributed by atoms with Gasteiger partial charge in [-0.2, -0.15) is 0 Å². The Balaban J connectivity index is 2.26. The summed E-state index contributed by atoms with van der Waals surface area (Å²) in [4.78, 5) is 24.1. The summed E-state index contributed by atoms with van der Waals surface area (Å²) in [5, 5.41) is 2.85. The number of carbonyl (C=O) groups excluding carboxylic acids is 1. The normalized spacial score (nSPS) is 13.9. The van der Waals surface area contributed by atoms with Crippen molar-refractivity contribution >= 4 is 12.0 Å². The molecule has 1 amide bonds. The van der Waals surface area contributed by atoms with Crippen molar-refractivity contribution in [3.05, 3.63) is 38.8 Å². The highest BCUT2D eigenvalue weighted by atomic mass is 16.2. The van der Waals surface area contributed by atoms with E-state index in [1.54, 1.807) is 6.07 Å². The Hall–Kier alpha value is -1.84. The monoisotopic (exact) mass is 274 g/mol. The zero-order valence-corrected chi connectivity index (χ0v) is 12.8. The highest BCUT2D eigenvalue weighted by Crippen LogP contribution is 2.20. The summed E-state index contributed by atoms with van der Waals surface area (Å²) in [5.74, 6) is -0.0453. The maximum Gasteiger partial charge on any atom is 0.225 e. The fraction of sp³-hybridized carbons (Fsp3) is 0.500. The number of hydrogen-bond donors (Lipinski definition) is 1. The highest BCUT2D eigenvalue weighted by molar-refractivity contribution is 5.81. The van der Waals surface area contributed by atoms with Gasteiger partial charge in [-0.1, -0.05) is 26.3 Å². The molecular formula is C16H22N2O2. The minimum atomic E-state index is -0.445. The lowest BCUT2D eigenvalue weighted by atomic mass is 9.95. The predicted molar refractivity (Wildman–Crippen MR) is 80.4 cm³/mol. The van der Waals surface area contributed by atoms with Gasteiger partial charge in [-0.3, -0.25) is 9.59 Å². The Morgan fingerprint density at radius 2 is 2.00 bits per heavy atom. The molecule has 1 N–H and O–H groups in total. The minimum Gasteiger partial charge on any atom is -0.351 e. The summed E-state index contributed by atoms with van der Waals surface area (Å²) in [7, 11) is 0. The van der Waals surface area contributed by atoms with Crippen molar-refractivity contribution < 1.29 is 4.79 Å². The van der Waals surface area contributed by atoms with Crippen LogP contribution in [0.5, 0.6) is 0 Å². The molecule has 4 nitrogen and oxygen atoms in total. The molecule has 2 rings (SSSR count). The average molecular weight is 274 g/mol. The van der Waals surface area contributed by atoms with Crippen LogP contribution in [0.15, 0.2) is 16.4 Å². The summed E-state index contributed by atoms with van der Waals surface area (Å²) in [6.07, 6.45) is 2.03. The first-order chi connectivity index (χ1) is 9.20. The third-order valence-corrected chi connectivity index (χ3v) is 3.64. The summed E-state index contributed by atoms with van der Waals surface area (Å²) in [6.45, 7) is 10.7. The molecule has 1 aromatic heterocycles. The van der Waals surface area contributed by atoms with Gasteiger partial charge < -0.3 is 9.88 Å². The molecule has 1 aliphatic heterocycles. The second kappa shape index (κ2) is 4.93. The fourth-order valence-electron chi connectivity index (χ4n) is 2.36. The molecule has 0 saturated heterocycles. The molecule has 0 spiro atoms. The number of pyridine rings is 1. The molecule has 0 bridgehead atoms. The third-order valence-electron chi connectivity index (χ3n) is 3.64. The third kappa shape index (κ3) is 2.69. The van der Waals surface area contributed by atoms with Crippen LogP contribution in [-0.2, 0) is 17.9 Å². The van der Waals surface area contributed by atoms with Crippen LogP contribution in [-0.4, -0.2) is 10.5 Å². The molecule has 2 heterocycles. The molecule has 0 atom stereocenters. The lowest BCUT2D eigenvalue weighted by Crippen LogP contribution is -2.36. The number of nitrogens with one attached hydrogen (secondary N) is 1. The van der Waals surface area contributed by atoms with E-state index < -0.39 is 5.41 Å². The molecule has 1 aliphatic rings. The lowest BCUT2D eigenvalue weighted by Gasteiger charge is -2.19. The van der Waals surface area contributed by atoms with Crippen molar-refractivity contribution in [1.29, 1.82) is 0 Å². The first-order valence-electron chi connectivity index (χ1n) is 6.89. The van der Waals surface area contributed by atoms with Crippen molar-refractivity contribution in [2.75, 3.05) is 0 Å². The number of allylic oxidation sites excluding steroid dienone is 1. The number of hydrogen-bond acceptors (Lipinski definition) is 2. The number of fused-ring (bicyclic) bond motifs is 1. The van der Waals surface area contributed by atoms with Crippen molar-refractivity contribution in [3.8, 4) is 0 Å². The quantitative estimate of drug-likeness (QED) is 0.899. The van der Waals surface area contributed by atoms with Crippen molar-refractivity contribution in [1.82, 2.24) is 9.88 Å². The second-order valence-corrected chi connectivity index (χ2v) is 6.51. The molecule has 108 valence electrons. The summed E-state index contributed by atoms with van der Waals surface area (Å²) >= 11 is 0. The number of carbonyl (C=O) groups is 1. The van der Waals surface area contributed by atoms with Crippen LogP contribution in [0.3, 0.4) is 0 Å². The van der Waals surface area contributed by atoms with E-state index in [9.17, 15) is 9.59 Å². The smallest absolute Gasteiger partial charge is 0.225 e. The summed E-state index contributed by atoms with van der Waals surface area (Å²) < 4.78 is 2.12. The van der Waals surface area contributed by atoms with Gasteiger partial charge in [0.15, 0.2) is 5.43 Å². The molecular weight excluding hydrogens is 252 g/mol.